The van der Waals surface area contributed by atoms with E-state index in [1.165, 1.54) is 42.4 Å². The van der Waals surface area contributed by atoms with E-state index in [-0.39, 0.29) is 5.75 Å². The maximum absolute atomic E-state index is 10.6. The maximum atomic E-state index is 10.6. The van der Waals surface area contributed by atoms with Crippen molar-refractivity contribution in [3.8, 4) is 0 Å². The van der Waals surface area contributed by atoms with Crippen LogP contribution in [0.5, 0.6) is 0 Å². The fourth-order valence-electron chi connectivity index (χ4n) is 2.49. The Labute approximate surface area is 127 Å². The fraction of sp³-hybridized carbons (Fsp3) is 0.769. The lowest BCUT2D eigenvalue weighted by Gasteiger charge is -2.20. The Balaban J connectivity index is 1.92. The van der Waals surface area contributed by atoms with Gasteiger partial charge in [-0.25, -0.2) is 0 Å². The highest BCUT2D eigenvalue weighted by Gasteiger charge is 2.21. The van der Waals surface area contributed by atoms with Gasteiger partial charge in [0.05, 0.1) is 5.75 Å². The summed E-state index contributed by atoms with van der Waals surface area (Å²) in [6.07, 6.45) is 3.68. The first kappa shape index (κ1) is 15.6. The summed E-state index contributed by atoms with van der Waals surface area (Å²) in [5.41, 5.74) is 0. The van der Waals surface area contributed by atoms with E-state index in [4.69, 9.17) is 5.11 Å². The van der Waals surface area contributed by atoms with Crippen molar-refractivity contribution in [3.05, 3.63) is 0 Å². The van der Waals surface area contributed by atoms with Crippen molar-refractivity contribution in [1.82, 2.24) is 10.2 Å². The quantitative estimate of drug-likeness (QED) is 0.843. The van der Waals surface area contributed by atoms with Crippen LogP contribution in [0.25, 0.3) is 0 Å². The highest BCUT2D eigenvalue weighted by atomic mass is 32.2. The van der Waals surface area contributed by atoms with Crippen molar-refractivity contribution in [2.24, 2.45) is 11.8 Å². The van der Waals surface area contributed by atoms with Crippen molar-refractivity contribution in [1.29, 1.82) is 0 Å². The molecule has 1 fully saturated rings. The van der Waals surface area contributed by atoms with Crippen LogP contribution >= 0.6 is 23.1 Å². The lowest BCUT2D eigenvalue weighted by Crippen LogP contribution is -2.24. The van der Waals surface area contributed by atoms with Crippen molar-refractivity contribution in [2.75, 3.05) is 23.7 Å². The fourth-order valence-corrected chi connectivity index (χ4v) is 4.10. The lowest BCUT2D eigenvalue weighted by molar-refractivity contribution is -0.133. The van der Waals surface area contributed by atoms with Crippen LogP contribution in [0.15, 0.2) is 4.34 Å². The van der Waals surface area contributed by atoms with Gasteiger partial charge in [-0.15, -0.1) is 10.2 Å². The Bertz CT molecular complexity index is 451. The number of aliphatic carboxylic acids is 1. The van der Waals surface area contributed by atoms with Crippen LogP contribution in [-0.4, -0.2) is 40.1 Å². The Hall–Kier alpha value is -0.820. The zero-order valence-electron chi connectivity index (χ0n) is 11.9. The lowest BCUT2D eigenvalue weighted by atomic mass is 9.89. The molecule has 20 heavy (non-hydrogen) atoms. The van der Waals surface area contributed by atoms with Crippen LogP contribution in [0.2, 0.25) is 0 Å². The first-order valence-electron chi connectivity index (χ1n) is 6.99. The number of thioether (sulfide) groups is 1. The summed E-state index contributed by atoms with van der Waals surface area (Å²) in [7, 11) is 0. The molecule has 1 N–H and O–H groups in total. The summed E-state index contributed by atoms with van der Waals surface area (Å²) in [5.74, 6) is 0.769. The minimum Gasteiger partial charge on any atom is -0.481 e. The molecule has 0 saturated carbocycles. The van der Waals surface area contributed by atoms with E-state index < -0.39 is 5.97 Å². The smallest absolute Gasteiger partial charge is 0.313 e. The summed E-state index contributed by atoms with van der Waals surface area (Å²) < 4.78 is 0.743. The van der Waals surface area contributed by atoms with Gasteiger partial charge < -0.3 is 10.0 Å². The molecule has 1 aliphatic heterocycles. The van der Waals surface area contributed by atoms with Crippen LogP contribution in [0, 0.1) is 11.8 Å². The van der Waals surface area contributed by atoms with Crippen molar-refractivity contribution >= 4 is 34.2 Å². The molecule has 2 heterocycles. The monoisotopic (exact) mass is 315 g/mol. The second kappa shape index (κ2) is 7.26. The van der Waals surface area contributed by atoms with E-state index >= 15 is 0 Å². The minimum absolute atomic E-state index is 0.0457. The number of anilines is 1. The van der Waals surface area contributed by atoms with E-state index in [2.05, 4.69) is 28.9 Å². The molecule has 5 nitrogen and oxygen atoms in total. The number of nitrogens with zero attached hydrogens (tertiary/aromatic N) is 3. The van der Waals surface area contributed by atoms with Gasteiger partial charge in [0.2, 0.25) is 5.13 Å². The number of carboxylic acids is 1. The zero-order chi connectivity index (χ0) is 14.5. The molecule has 1 aromatic rings. The zero-order valence-corrected chi connectivity index (χ0v) is 13.5. The SMILES string of the molecule is CC(C)C1CCCN(c2nnc(SCC(=O)O)s2)CC1. The van der Waals surface area contributed by atoms with Crippen LogP contribution in [0.4, 0.5) is 5.13 Å². The molecule has 0 aromatic carbocycles. The Morgan fingerprint density at radius 3 is 2.95 bits per heavy atom. The second-order valence-electron chi connectivity index (χ2n) is 5.46. The van der Waals surface area contributed by atoms with Gasteiger partial charge in [0.25, 0.3) is 0 Å². The van der Waals surface area contributed by atoms with Gasteiger partial charge in [0, 0.05) is 13.1 Å². The summed E-state index contributed by atoms with van der Waals surface area (Å²) in [5, 5.41) is 17.9. The maximum Gasteiger partial charge on any atom is 0.313 e. The average Bonchev–Trinajstić information content (AvgIpc) is 2.72. The highest BCUT2D eigenvalue weighted by molar-refractivity contribution is 8.01. The third-order valence-corrected chi connectivity index (χ3v) is 5.80. The number of carboxylic acid groups (broad SMARTS) is 1. The molecule has 2 rings (SSSR count). The van der Waals surface area contributed by atoms with Gasteiger partial charge in [0.1, 0.15) is 0 Å². The molecule has 1 atom stereocenters. The topological polar surface area (TPSA) is 66.3 Å². The molecule has 1 unspecified atom stereocenters. The van der Waals surface area contributed by atoms with Gasteiger partial charge in [-0.1, -0.05) is 36.9 Å². The first-order chi connectivity index (χ1) is 9.56. The van der Waals surface area contributed by atoms with Gasteiger partial charge in [-0.05, 0) is 31.1 Å². The molecule has 112 valence electrons. The van der Waals surface area contributed by atoms with Gasteiger partial charge in [-0.2, -0.15) is 0 Å². The Morgan fingerprint density at radius 2 is 2.25 bits per heavy atom. The summed E-state index contributed by atoms with van der Waals surface area (Å²) in [4.78, 5) is 12.8. The predicted molar refractivity (Wildman–Crippen MR) is 82.7 cm³/mol. The Kier molecular flexibility index (Phi) is 5.65. The van der Waals surface area contributed by atoms with Crippen molar-refractivity contribution < 1.29 is 9.90 Å². The van der Waals surface area contributed by atoms with Gasteiger partial charge in [-0.3, -0.25) is 4.79 Å². The molecule has 1 aliphatic rings. The molecular formula is C13H21N3O2S2. The second-order valence-corrected chi connectivity index (χ2v) is 7.63. The van der Waals surface area contributed by atoms with E-state index in [0.29, 0.717) is 0 Å². The average molecular weight is 315 g/mol. The number of hydrogen-bond acceptors (Lipinski definition) is 6. The molecule has 1 aromatic heterocycles. The van der Waals surface area contributed by atoms with Gasteiger partial charge >= 0.3 is 5.97 Å². The molecular weight excluding hydrogens is 294 g/mol. The predicted octanol–water partition coefficient (Wildman–Crippen LogP) is 2.98. The summed E-state index contributed by atoms with van der Waals surface area (Å²) in [6.45, 7) is 6.65. The van der Waals surface area contributed by atoms with Crippen molar-refractivity contribution in [3.63, 3.8) is 0 Å². The number of rotatable bonds is 5. The molecule has 0 bridgehead atoms. The van der Waals surface area contributed by atoms with Crippen LogP contribution < -0.4 is 4.90 Å². The van der Waals surface area contributed by atoms with E-state index in [1.54, 1.807) is 0 Å². The standard InChI is InChI=1S/C13H21N3O2S2/c1-9(2)10-4-3-6-16(7-5-10)12-14-15-13(20-12)19-8-11(17)18/h9-10H,3-8H2,1-2H3,(H,17,18). The highest BCUT2D eigenvalue weighted by Crippen LogP contribution is 2.31. The molecule has 0 aliphatic carbocycles. The van der Waals surface area contributed by atoms with Crippen LogP contribution in [-0.2, 0) is 4.79 Å². The summed E-state index contributed by atoms with van der Waals surface area (Å²) >= 11 is 2.75. The van der Waals surface area contributed by atoms with Crippen LogP contribution in [0.3, 0.4) is 0 Å². The van der Waals surface area contributed by atoms with Crippen LogP contribution in [0.1, 0.15) is 33.1 Å². The minimum atomic E-state index is -0.818. The molecule has 0 spiro atoms. The normalized spacial score (nSPS) is 20.1. The third-order valence-electron chi connectivity index (χ3n) is 3.70. The largest absolute Gasteiger partial charge is 0.481 e. The molecule has 0 amide bonds. The Morgan fingerprint density at radius 1 is 1.45 bits per heavy atom. The van der Waals surface area contributed by atoms with E-state index in [0.717, 1.165) is 34.4 Å². The number of carbonyl (C=O) groups is 1. The van der Waals surface area contributed by atoms with E-state index in [1.807, 2.05) is 0 Å². The summed E-state index contributed by atoms with van der Waals surface area (Å²) in [6, 6.07) is 0. The first-order valence-corrected chi connectivity index (χ1v) is 8.79. The molecule has 1 saturated heterocycles. The molecule has 7 heteroatoms. The van der Waals surface area contributed by atoms with Gasteiger partial charge in [0.15, 0.2) is 4.34 Å². The van der Waals surface area contributed by atoms with Crippen molar-refractivity contribution in [2.45, 2.75) is 37.4 Å². The molecule has 0 radical (unpaired) electrons. The van der Waals surface area contributed by atoms with E-state index in [9.17, 15) is 4.79 Å². The number of aromatic nitrogens is 2. The third kappa shape index (κ3) is 4.34. The number of hydrogen-bond donors (Lipinski definition) is 1.